The summed E-state index contributed by atoms with van der Waals surface area (Å²) in [5.41, 5.74) is 6.04. The first kappa shape index (κ1) is 23.0. The molecule has 0 unspecified atom stereocenters. The number of amides is 1. The molecule has 4 N–H and O–H groups in total. The molecule has 0 bridgehead atoms. The van der Waals surface area contributed by atoms with Gasteiger partial charge in [0.15, 0.2) is 12.6 Å². The third-order valence-corrected chi connectivity index (χ3v) is 6.48. The number of aliphatic imine (C=N–C) groups is 1. The van der Waals surface area contributed by atoms with Gasteiger partial charge >= 0.3 is 0 Å². The van der Waals surface area contributed by atoms with E-state index in [4.69, 9.17) is 10.5 Å². The highest BCUT2D eigenvalue weighted by atomic mass is 32.2. The smallest absolute Gasteiger partial charge is 0.255 e. The molecule has 1 aromatic rings. The van der Waals surface area contributed by atoms with Gasteiger partial charge in [-0.15, -0.1) is 0 Å². The van der Waals surface area contributed by atoms with Crippen LogP contribution in [0.5, 0.6) is 5.75 Å². The van der Waals surface area contributed by atoms with Crippen molar-refractivity contribution < 1.29 is 17.9 Å². The maximum absolute atomic E-state index is 12.0. The number of nitrogens with two attached hydrogens (primary N) is 1. The van der Waals surface area contributed by atoms with Crippen LogP contribution in [0.25, 0.3) is 0 Å². The van der Waals surface area contributed by atoms with E-state index < -0.39 is 15.9 Å². The van der Waals surface area contributed by atoms with Crippen LogP contribution in [0, 0.1) is 0 Å². The third-order valence-electron chi connectivity index (χ3n) is 4.60. The Bertz CT molecular complexity index is 805. The summed E-state index contributed by atoms with van der Waals surface area (Å²) in [6.45, 7) is 5.70. The Morgan fingerprint density at radius 1 is 1.31 bits per heavy atom. The highest BCUT2D eigenvalue weighted by Gasteiger charge is 2.26. The number of ether oxygens (including phenoxy) is 1. The van der Waals surface area contributed by atoms with Gasteiger partial charge in [-0.3, -0.25) is 4.79 Å². The number of benzene rings is 1. The van der Waals surface area contributed by atoms with Gasteiger partial charge in [0, 0.05) is 25.7 Å². The lowest BCUT2D eigenvalue weighted by atomic mass is 10.1. The molecule has 162 valence electrons. The first-order chi connectivity index (χ1) is 13.8. The number of sulfonamides is 1. The second kappa shape index (κ2) is 11.0. The van der Waals surface area contributed by atoms with Gasteiger partial charge in [-0.1, -0.05) is 12.1 Å². The van der Waals surface area contributed by atoms with Gasteiger partial charge in [0.1, 0.15) is 5.75 Å². The van der Waals surface area contributed by atoms with E-state index in [2.05, 4.69) is 15.6 Å². The fourth-order valence-corrected chi connectivity index (χ4v) is 4.16. The van der Waals surface area contributed by atoms with E-state index in [1.807, 2.05) is 25.1 Å². The predicted octanol–water partition coefficient (Wildman–Crippen LogP) is 0.420. The molecule has 2 rings (SSSR count). The van der Waals surface area contributed by atoms with Crippen LogP contribution in [0.15, 0.2) is 29.3 Å². The van der Waals surface area contributed by atoms with E-state index >= 15 is 0 Å². The fraction of sp³-hybridized carbons (Fsp3) is 0.579. The van der Waals surface area contributed by atoms with Gasteiger partial charge < -0.3 is 21.1 Å². The van der Waals surface area contributed by atoms with E-state index in [0.29, 0.717) is 31.3 Å². The molecule has 0 spiro atoms. The lowest BCUT2D eigenvalue weighted by Gasteiger charge is -2.32. The molecule has 1 aliphatic rings. The molecule has 9 nitrogen and oxygen atoms in total. The largest absolute Gasteiger partial charge is 0.484 e. The number of nitrogens with one attached hydrogen (secondary N) is 2. The van der Waals surface area contributed by atoms with Crippen molar-refractivity contribution in [3.05, 3.63) is 29.8 Å². The first-order valence-corrected chi connectivity index (χ1v) is 11.5. The Balaban J connectivity index is 1.93. The van der Waals surface area contributed by atoms with Crippen molar-refractivity contribution >= 4 is 21.9 Å². The number of guanidine groups is 1. The fourth-order valence-electron chi connectivity index (χ4n) is 3.03. The minimum Gasteiger partial charge on any atom is -0.484 e. The Kier molecular flexibility index (Phi) is 8.71. The summed E-state index contributed by atoms with van der Waals surface area (Å²) in [4.78, 5) is 15.5. The topological polar surface area (TPSA) is 126 Å². The lowest BCUT2D eigenvalue weighted by molar-refractivity contribution is -0.119. The molecular weight excluding hydrogens is 394 g/mol. The van der Waals surface area contributed by atoms with Crippen molar-refractivity contribution in [1.82, 2.24) is 14.9 Å². The number of rotatable bonds is 9. The maximum Gasteiger partial charge on any atom is 0.255 e. The minimum atomic E-state index is -3.13. The van der Waals surface area contributed by atoms with Gasteiger partial charge in [0.25, 0.3) is 5.91 Å². The lowest BCUT2D eigenvalue weighted by Crippen LogP contribution is -2.50. The summed E-state index contributed by atoms with van der Waals surface area (Å²) in [6.07, 6.45) is 1.47. The van der Waals surface area contributed by atoms with Crippen LogP contribution in [0.4, 0.5) is 0 Å². The standard InChI is InChI=1S/C19H31N5O4S/c1-3-21-19(23-16-8-10-24(11-9-16)29(26,27)4-2)22-13-15-6-5-7-17(12-15)28-14-18(20)25/h5-7,12,16H,3-4,8-11,13-14H2,1-2H3,(H2,20,25)(H2,21,22,23). The van der Waals surface area contributed by atoms with E-state index in [1.165, 1.54) is 0 Å². The molecule has 10 heteroatoms. The Morgan fingerprint density at radius 3 is 2.66 bits per heavy atom. The zero-order valence-electron chi connectivity index (χ0n) is 17.1. The SMILES string of the molecule is CCNC(=NCc1cccc(OCC(N)=O)c1)NC1CCN(S(=O)(=O)CC)CC1. The van der Waals surface area contributed by atoms with Crippen LogP contribution >= 0.6 is 0 Å². The van der Waals surface area contributed by atoms with Gasteiger partial charge in [-0.05, 0) is 44.4 Å². The van der Waals surface area contributed by atoms with Crippen LogP contribution in [0.2, 0.25) is 0 Å². The van der Waals surface area contributed by atoms with E-state index in [-0.39, 0.29) is 18.4 Å². The zero-order valence-corrected chi connectivity index (χ0v) is 17.9. The highest BCUT2D eigenvalue weighted by molar-refractivity contribution is 7.89. The Hall–Kier alpha value is -2.33. The molecule has 0 aliphatic carbocycles. The predicted molar refractivity (Wildman–Crippen MR) is 113 cm³/mol. The van der Waals surface area contributed by atoms with Crippen molar-refractivity contribution in [3.63, 3.8) is 0 Å². The summed E-state index contributed by atoms with van der Waals surface area (Å²) in [5, 5.41) is 6.62. The quantitative estimate of drug-likeness (QED) is 0.389. The molecule has 1 saturated heterocycles. The zero-order chi connectivity index (χ0) is 21.3. The molecule has 1 aliphatic heterocycles. The van der Waals surface area contributed by atoms with E-state index in [0.717, 1.165) is 24.9 Å². The van der Waals surface area contributed by atoms with Crippen LogP contribution in [-0.2, 0) is 21.4 Å². The molecule has 0 aromatic heterocycles. The molecule has 1 aromatic carbocycles. The highest BCUT2D eigenvalue weighted by Crippen LogP contribution is 2.15. The molecule has 1 heterocycles. The molecule has 1 fully saturated rings. The third kappa shape index (κ3) is 7.54. The number of nitrogens with zero attached hydrogens (tertiary/aromatic N) is 2. The summed E-state index contributed by atoms with van der Waals surface area (Å²) < 4.78 is 30.9. The van der Waals surface area contributed by atoms with Crippen molar-refractivity contribution in [2.45, 2.75) is 39.3 Å². The Morgan fingerprint density at radius 2 is 2.03 bits per heavy atom. The molecular formula is C19H31N5O4S. The Labute approximate surface area is 172 Å². The number of piperidine rings is 1. The normalized spacial score (nSPS) is 16.4. The average molecular weight is 426 g/mol. The number of carbonyl (C=O) groups excluding carboxylic acids is 1. The van der Waals surface area contributed by atoms with E-state index in [9.17, 15) is 13.2 Å². The van der Waals surface area contributed by atoms with Crippen LogP contribution in [0.1, 0.15) is 32.3 Å². The van der Waals surface area contributed by atoms with Crippen molar-refractivity contribution in [2.75, 3.05) is 32.0 Å². The molecule has 0 atom stereocenters. The van der Waals surface area contributed by atoms with Crippen LogP contribution in [-0.4, -0.2) is 62.6 Å². The van der Waals surface area contributed by atoms with Crippen molar-refractivity contribution in [1.29, 1.82) is 0 Å². The van der Waals surface area contributed by atoms with Crippen molar-refractivity contribution in [3.8, 4) is 5.75 Å². The van der Waals surface area contributed by atoms with Gasteiger partial charge in [-0.25, -0.2) is 17.7 Å². The van der Waals surface area contributed by atoms with E-state index in [1.54, 1.807) is 17.3 Å². The number of carbonyl (C=O) groups is 1. The van der Waals surface area contributed by atoms with Gasteiger partial charge in [0.2, 0.25) is 10.0 Å². The monoisotopic (exact) mass is 425 g/mol. The summed E-state index contributed by atoms with van der Waals surface area (Å²) in [5.74, 6) is 0.869. The minimum absolute atomic E-state index is 0.136. The first-order valence-electron chi connectivity index (χ1n) is 9.86. The molecule has 0 saturated carbocycles. The summed E-state index contributed by atoms with van der Waals surface area (Å²) >= 11 is 0. The van der Waals surface area contributed by atoms with Crippen LogP contribution in [0.3, 0.4) is 0 Å². The van der Waals surface area contributed by atoms with Crippen molar-refractivity contribution in [2.24, 2.45) is 10.7 Å². The van der Waals surface area contributed by atoms with Gasteiger partial charge in [0.05, 0.1) is 12.3 Å². The number of primary amides is 1. The summed E-state index contributed by atoms with van der Waals surface area (Å²) in [7, 11) is -3.13. The average Bonchev–Trinajstić information content (AvgIpc) is 2.71. The number of hydrogen-bond donors (Lipinski definition) is 3. The second-order valence-corrected chi connectivity index (χ2v) is 9.07. The molecule has 0 radical (unpaired) electrons. The van der Waals surface area contributed by atoms with Crippen LogP contribution < -0.4 is 21.1 Å². The van der Waals surface area contributed by atoms with Gasteiger partial charge in [-0.2, -0.15) is 0 Å². The maximum atomic E-state index is 12.0. The molecule has 29 heavy (non-hydrogen) atoms. The number of hydrogen-bond acceptors (Lipinski definition) is 5. The second-order valence-electron chi connectivity index (χ2n) is 6.82. The summed E-state index contributed by atoms with van der Waals surface area (Å²) in [6, 6.07) is 7.52. The molecule has 1 amide bonds.